The van der Waals surface area contributed by atoms with E-state index in [0.717, 1.165) is 9.12 Å². The van der Waals surface area contributed by atoms with Crippen LogP contribution in [-0.2, 0) is 14.4 Å². The second-order valence-corrected chi connectivity index (χ2v) is 7.77. The van der Waals surface area contributed by atoms with Crippen molar-refractivity contribution in [1.82, 2.24) is 10.3 Å². The fraction of sp³-hybridized carbons (Fsp3) is 0.412. The Morgan fingerprint density at radius 1 is 1.19 bits per heavy atom. The van der Waals surface area contributed by atoms with Crippen LogP contribution in [-0.4, -0.2) is 45.1 Å². The maximum absolute atomic E-state index is 12.4. The maximum Gasteiger partial charge on any atom is 0.321 e. The Morgan fingerprint density at radius 2 is 1.81 bits per heavy atom. The first-order valence-electron chi connectivity index (χ1n) is 8.25. The van der Waals surface area contributed by atoms with Crippen molar-refractivity contribution in [1.29, 1.82) is 0 Å². The van der Waals surface area contributed by atoms with Crippen LogP contribution in [0.5, 0.6) is 0 Å². The Labute approximate surface area is 164 Å². The minimum Gasteiger partial charge on any atom is -0.480 e. The molecule has 3 N–H and O–H groups in total. The Kier molecular flexibility index (Phi) is 7.11. The van der Waals surface area contributed by atoms with Crippen LogP contribution in [0, 0.1) is 5.92 Å². The summed E-state index contributed by atoms with van der Waals surface area (Å²) in [5.74, 6) is -3.15. The van der Waals surface area contributed by atoms with Crippen LogP contribution in [0.3, 0.4) is 0 Å². The van der Waals surface area contributed by atoms with E-state index in [2.05, 4.69) is 10.3 Å². The molecule has 0 saturated heterocycles. The summed E-state index contributed by atoms with van der Waals surface area (Å²) in [5.41, 5.74) is 0.673. The SMILES string of the molecule is CC(C)CC(NC(CC(=O)N(Cl)c1nc2ccccc2s1)C(=O)O)C(=O)O. The third-order valence-corrected chi connectivity index (χ3v) is 5.22. The molecule has 2 aromatic rings. The number of benzene rings is 1. The van der Waals surface area contributed by atoms with Gasteiger partial charge < -0.3 is 10.2 Å². The summed E-state index contributed by atoms with van der Waals surface area (Å²) in [7, 11) is 0. The molecule has 1 amide bonds. The first-order valence-corrected chi connectivity index (χ1v) is 9.40. The second kappa shape index (κ2) is 9.12. The number of anilines is 1. The number of nitrogens with zero attached hydrogens (tertiary/aromatic N) is 2. The van der Waals surface area contributed by atoms with Crippen LogP contribution in [0.25, 0.3) is 10.2 Å². The molecule has 0 aliphatic heterocycles. The Hall–Kier alpha value is -2.23. The third kappa shape index (κ3) is 5.62. The maximum atomic E-state index is 12.4. The first-order chi connectivity index (χ1) is 12.7. The van der Waals surface area contributed by atoms with E-state index >= 15 is 0 Å². The fourth-order valence-corrected chi connectivity index (χ4v) is 3.58. The number of hydrogen-bond acceptors (Lipinski definition) is 6. The predicted octanol–water partition coefficient (Wildman–Crippen LogP) is 2.72. The minimum absolute atomic E-state index is 0.0380. The van der Waals surface area contributed by atoms with Crippen LogP contribution in [0.1, 0.15) is 26.7 Å². The van der Waals surface area contributed by atoms with Crippen molar-refractivity contribution in [3.8, 4) is 0 Å². The van der Waals surface area contributed by atoms with Gasteiger partial charge in [-0.2, -0.15) is 4.42 Å². The number of carboxylic acids is 2. The molecule has 1 heterocycles. The fourth-order valence-electron chi connectivity index (χ4n) is 2.48. The van der Waals surface area contributed by atoms with Crippen molar-refractivity contribution in [3.05, 3.63) is 24.3 Å². The van der Waals surface area contributed by atoms with Crippen molar-refractivity contribution in [2.24, 2.45) is 5.92 Å². The summed E-state index contributed by atoms with van der Waals surface area (Å²) >= 11 is 7.25. The molecule has 2 unspecified atom stereocenters. The number of para-hydroxylation sites is 1. The molecule has 27 heavy (non-hydrogen) atoms. The number of nitrogens with one attached hydrogen (secondary N) is 1. The average molecular weight is 414 g/mol. The van der Waals surface area contributed by atoms with Crippen molar-refractivity contribution in [2.75, 3.05) is 4.42 Å². The lowest BCUT2D eigenvalue weighted by atomic mass is 10.0. The predicted molar refractivity (Wildman–Crippen MR) is 103 cm³/mol. The zero-order valence-electron chi connectivity index (χ0n) is 14.8. The zero-order chi connectivity index (χ0) is 20.1. The number of rotatable bonds is 9. The Bertz CT molecular complexity index is 808. The number of aliphatic carboxylic acids is 2. The number of amides is 1. The number of fused-ring (bicyclic) bond motifs is 1. The van der Waals surface area contributed by atoms with Gasteiger partial charge in [-0.3, -0.25) is 19.7 Å². The highest BCUT2D eigenvalue weighted by molar-refractivity contribution is 7.22. The third-order valence-electron chi connectivity index (χ3n) is 3.75. The molecule has 0 aliphatic rings. The minimum atomic E-state index is -1.38. The highest BCUT2D eigenvalue weighted by atomic mass is 35.5. The monoisotopic (exact) mass is 413 g/mol. The van der Waals surface area contributed by atoms with E-state index in [0.29, 0.717) is 5.52 Å². The van der Waals surface area contributed by atoms with E-state index in [-0.39, 0.29) is 17.5 Å². The van der Waals surface area contributed by atoms with Crippen LogP contribution in [0.15, 0.2) is 24.3 Å². The molecule has 10 heteroatoms. The van der Waals surface area contributed by atoms with Crippen LogP contribution in [0.2, 0.25) is 0 Å². The first kappa shape index (κ1) is 21.1. The number of aromatic nitrogens is 1. The van der Waals surface area contributed by atoms with E-state index in [4.69, 9.17) is 11.8 Å². The van der Waals surface area contributed by atoms with Gasteiger partial charge in [0.05, 0.1) is 16.6 Å². The number of carbonyl (C=O) groups excluding carboxylic acids is 1. The van der Waals surface area contributed by atoms with Crippen molar-refractivity contribution in [2.45, 2.75) is 38.8 Å². The molecule has 0 spiro atoms. The lowest BCUT2D eigenvalue weighted by molar-refractivity contribution is -0.144. The van der Waals surface area contributed by atoms with Gasteiger partial charge in [-0.05, 0) is 24.5 Å². The topological polar surface area (TPSA) is 120 Å². The number of hydrogen-bond donors (Lipinski definition) is 3. The number of thiazole rings is 1. The molecule has 2 rings (SSSR count). The molecule has 0 fully saturated rings. The quantitative estimate of drug-likeness (QED) is 0.540. The number of halogens is 1. The van der Waals surface area contributed by atoms with Crippen molar-refractivity contribution < 1.29 is 24.6 Å². The smallest absolute Gasteiger partial charge is 0.321 e. The van der Waals surface area contributed by atoms with Crippen LogP contribution in [0.4, 0.5) is 5.13 Å². The lowest BCUT2D eigenvalue weighted by Gasteiger charge is -2.22. The van der Waals surface area contributed by atoms with Gasteiger partial charge in [0.25, 0.3) is 0 Å². The highest BCUT2D eigenvalue weighted by Crippen LogP contribution is 2.30. The molecule has 0 aliphatic carbocycles. The molecule has 2 atom stereocenters. The summed E-state index contributed by atoms with van der Waals surface area (Å²) in [6, 6.07) is 4.78. The molecule has 1 aromatic carbocycles. The molecule has 0 radical (unpaired) electrons. The summed E-state index contributed by atoms with van der Waals surface area (Å²) in [6.45, 7) is 3.65. The number of carboxylic acid groups (broad SMARTS) is 2. The zero-order valence-corrected chi connectivity index (χ0v) is 16.3. The lowest BCUT2D eigenvalue weighted by Crippen LogP contribution is -2.49. The van der Waals surface area contributed by atoms with Crippen LogP contribution >= 0.6 is 23.1 Å². The van der Waals surface area contributed by atoms with Gasteiger partial charge in [-0.25, -0.2) is 4.98 Å². The molecule has 8 nitrogen and oxygen atoms in total. The van der Waals surface area contributed by atoms with Crippen molar-refractivity contribution >= 4 is 56.3 Å². The Balaban J connectivity index is 2.11. The molecular formula is C17H20ClN3O5S. The largest absolute Gasteiger partial charge is 0.480 e. The van der Waals surface area contributed by atoms with Gasteiger partial charge in [0.2, 0.25) is 11.0 Å². The van der Waals surface area contributed by atoms with Crippen LogP contribution < -0.4 is 9.74 Å². The van der Waals surface area contributed by atoms with Gasteiger partial charge in [-0.15, -0.1) is 0 Å². The number of carbonyl (C=O) groups is 3. The van der Waals surface area contributed by atoms with Gasteiger partial charge in [-0.1, -0.05) is 37.3 Å². The van der Waals surface area contributed by atoms with E-state index in [1.54, 1.807) is 12.1 Å². The van der Waals surface area contributed by atoms with Gasteiger partial charge in [0, 0.05) is 11.8 Å². The molecule has 0 saturated carbocycles. The molecule has 146 valence electrons. The molecular weight excluding hydrogens is 394 g/mol. The molecule has 1 aromatic heterocycles. The highest BCUT2D eigenvalue weighted by Gasteiger charge is 2.30. The normalized spacial score (nSPS) is 13.5. The van der Waals surface area contributed by atoms with E-state index in [1.165, 1.54) is 11.3 Å². The summed E-state index contributed by atoms with van der Waals surface area (Å²) in [5, 5.41) is 21.4. The summed E-state index contributed by atoms with van der Waals surface area (Å²) in [6.07, 6.45) is -0.271. The van der Waals surface area contributed by atoms with E-state index in [1.807, 2.05) is 26.0 Å². The average Bonchev–Trinajstić information content (AvgIpc) is 3.02. The molecule has 0 bridgehead atoms. The standard InChI is InChI=1S/C17H20ClN3O5S/c1-9(2)7-11(15(23)24)19-12(16(25)26)8-14(22)21(18)17-20-10-5-3-4-6-13(10)27-17/h3-6,9,11-12,19H,7-8H2,1-2H3,(H,23,24)(H,25,26). The van der Waals surface area contributed by atoms with Crippen molar-refractivity contribution in [3.63, 3.8) is 0 Å². The summed E-state index contributed by atoms with van der Waals surface area (Å²) < 4.78 is 1.61. The van der Waals surface area contributed by atoms with E-state index < -0.39 is 36.4 Å². The van der Waals surface area contributed by atoms with Gasteiger partial charge >= 0.3 is 11.9 Å². The summed E-state index contributed by atoms with van der Waals surface area (Å²) in [4.78, 5) is 39.5. The van der Waals surface area contributed by atoms with Gasteiger partial charge in [0.1, 0.15) is 12.1 Å². The van der Waals surface area contributed by atoms with Gasteiger partial charge in [0.15, 0.2) is 0 Å². The van der Waals surface area contributed by atoms with E-state index in [9.17, 15) is 24.6 Å². The Morgan fingerprint density at radius 3 is 2.37 bits per heavy atom. The second-order valence-electron chi connectivity index (χ2n) is 6.42.